The lowest BCUT2D eigenvalue weighted by molar-refractivity contribution is 0.188. The Labute approximate surface area is 112 Å². The second-order valence-corrected chi connectivity index (χ2v) is 5.16. The first-order valence-electron chi connectivity index (χ1n) is 7.48. The number of guanidine groups is 1. The van der Waals surface area contributed by atoms with Gasteiger partial charge in [0.15, 0.2) is 5.96 Å². The van der Waals surface area contributed by atoms with Gasteiger partial charge >= 0.3 is 0 Å². The fourth-order valence-electron chi connectivity index (χ4n) is 2.58. The zero-order valence-electron chi connectivity index (χ0n) is 12.4. The van der Waals surface area contributed by atoms with E-state index in [1.54, 1.807) is 0 Å². The molecule has 4 heteroatoms. The molecule has 2 N–H and O–H groups in total. The second-order valence-electron chi connectivity index (χ2n) is 5.16. The lowest BCUT2D eigenvalue weighted by atomic mass is 9.97. The first kappa shape index (κ1) is 15.3. The fraction of sp³-hybridized carbons (Fsp3) is 0.929. The number of piperidine rings is 1. The fourth-order valence-corrected chi connectivity index (χ4v) is 2.58. The number of nitrogens with two attached hydrogens (primary N) is 1. The zero-order chi connectivity index (χ0) is 13.4. The summed E-state index contributed by atoms with van der Waals surface area (Å²) < 4.78 is 0. The van der Waals surface area contributed by atoms with Gasteiger partial charge < -0.3 is 15.5 Å². The van der Waals surface area contributed by atoms with E-state index in [4.69, 9.17) is 5.73 Å². The van der Waals surface area contributed by atoms with Crippen molar-refractivity contribution in [3.8, 4) is 0 Å². The largest absolute Gasteiger partial charge is 0.370 e. The third-order valence-corrected chi connectivity index (χ3v) is 3.85. The summed E-state index contributed by atoms with van der Waals surface area (Å²) in [6.07, 6.45) is 3.81. The molecule has 106 valence electrons. The van der Waals surface area contributed by atoms with Gasteiger partial charge in [0.1, 0.15) is 0 Å². The van der Waals surface area contributed by atoms with Crippen molar-refractivity contribution < 1.29 is 0 Å². The molecule has 18 heavy (non-hydrogen) atoms. The Bertz CT molecular complexity index is 240. The molecule has 1 heterocycles. The molecule has 0 aromatic rings. The first-order chi connectivity index (χ1) is 8.71. The summed E-state index contributed by atoms with van der Waals surface area (Å²) in [7, 11) is 0. The van der Waals surface area contributed by atoms with Gasteiger partial charge in [0.25, 0.3) is 0 Å². The number of aliphatic imine (C=N–C) groups is 1. The summed E-state index contributed by atoms with van der Waals surface area (Å²) in [5.74, 6) is 1.45. The summed E-state index contributed by atoms with van der Waals surface area (Å²) in [6, 6.07) is 0. The molecule has 4 nitrogen and oxygen atoms in total. The van der Waals surface area contributed by atoms with Crippen LogP contribution >= 0.6 is 0 Å². The molecule has 0 atom stereocenters. The molecule has 1 aliphatic rings. The highest BCUT2D eigenvalue weighted by Gasteiger charge is 2.18. The Morgan fingerprint density at radius 2 is 1.83 bits per heavy atom. The van der Waals surface area contributed by atoms with Crippen LogP contribution in [0.2, 0.25) is 0 Å². The minimum Gasteiger partial charge on any atom is -0.370 e. The highest BCUT2D eigenvalue weighted by atomic mass is 15.2. The molecule has 0 aromatic heterocycles. The minimum absolute atomic E-state index is 0.719. The topological polar surface area (TPSA) is 44.9 Å². The molecule has 0 amide bonds. The predicted octanol–water partition coefficient (Wildman–Crippen LogP) is 1.76. The van der Waals surface area contributed by atoms with Crippen LogP contribution in [0.25, 0.3) is 0 Å². The van der Waals surface area contributed by atoms with Crippen molar-refractivity contribution in [2.75, 3.05) is 39.3 Å². The maximum Gasteiger partial charge on any atom is 0.191 e. The molecular weight excluding hydrogens is 224 g/mol. The molecule has 1 fully saturated rings. The zero-order valence-corrected chi connectivity index (χ0v) is 12.4. The van der Waals surface area contributed by atoms with Crippen LogP contribution in [0, 0.1) is 5.92 Å². The van der Waals surface area contributed by atoms with Crippen LogP contribution in [0.3, 0.4) is 0 Å². The Hall–Kier alpha value is -0.770. The van der Waals surface area contributed by atoms with E-state index in [-0.39, 0.29) is 0 Å². The Morgan fingerprint density at radius 3 is 2.33 bits per heavy atom. The standard InChI is InChI=1S/C14H30N4/c1-4-9-17-10-7-13(8-11-17)12-16-14(15)18(5-2)6-3/h13H,4-12H2,1-3H3,(H2,15,16). The van der Waals surface area contributed by atoms with Crippen molar-refractivity contribution in [3.63, 3.8) is 0 Å². The number of hydrogen-bond acceptors (Lipinski definition) is 2. The Kier molecular flexibility index (Phi) is 7.09. The van der Waals surface area contributed by atoms with E-state index in [1.807, 2.05) is 0 Å². The molecule has 0 unspecified atom stereocenters. The summed E-state index contributed by atoms with van der Waals surface area (Å²) in [5, 5.41) is 0. The van der Waals surface area contributed by atoms with E-state index in [2.05, 4.69) is 35.6 Å². The van der Waals surface area contributed by atoms with E-state index in [0.29, 0.717) is 0 Å². The molecular formula is C14H30N4. The quantitative estimate of drug-likeness (QED) is 0.580. The van der Waals surface area contributed by atoms with Crippen molar-refractivity contribution >= 4 is 5.96 Å². The number of likely N-dealkylation sites (tertiary alicyclic amines) is 1. The lowest BCUT2D eigenvalue weighted by Crippen LogP contribution is -2.38. The van der Waals surface area contributed by atoms with Gasteiger partial charge in [0, 0.05) is 19.6 Å². The average Bonchev–Trinajstić information content (AvgIpc) is 2.40. The van der Waals surface area contributed by atoms with E-state index in [9.17, 15) is 0 Å². The molecule has 0 spiro atoms. The Balaban J connectivity index is 2.30. The van der Waals surface area contributed by atoms with Crippen LogP contribution in [0.1, 0.15) is 40.0 Å². The van der Waals surface area contributed by atoms with Crippen LogP contribution in [-0.4, -0.2) is 55.0 Å². The minimum atomic E-state index is 0.719. The van der Waals surface area contributed by atoms with Gasteiger partial charge in [-0.25, -0.2) is 0 Å². The molecule has 0 aromatic carbocycles. The maximum absolute atomic E-state index is 6.00. The normalized spacial score (nSPS) is 19.2. The summed E-state index contributed by atoms with van der Waals surface area (Å²) >= 11 is 0. The van der Waals surface area contributed by atoms with E-state index < -0.39 is 0 Å². The SMILES string of the molecule is CCCN1CCC(CN=C(N)N(CC)CC)CC1. The van der Waals surface area contributed by atoms with Crippen LogP contribution in [-0.2, 0) is 0 Å². The number of rotatable bonds is 6. The van der Waals surface area contributed by atoms with Gasteiger partial charge in [0.05, 0.1) is 0 Å². The highest BCUT2D eigenvalue weighted by molar-refractivity contribution is 5.77. The van der Waals surface area contributed by atoms with Gasteiger partial charge in [-0.1, -0.05) is 6.92 Å². The highest BCUT2D eigenvalue weighted by Crippen LogP contribution is 2.17. The van der Waals surface area contributed by atoms with Crippen LogP contribution in [0.15, 0.2) is 4.99 Å². The molecule has 1 saturated heterocycles. The number of hydrogen-bond donors (Lipinski definition) is 1. The van der Waals surface area contributed by atoms with Crippen LogP contribution < -0.4 is 5.73 Å². The third-order valence-electron chi connectivity index (χ3n) is 3.85. The van der Waals surface area contributed by atoms with Gasteiger partial charge in [-0.15, -0.1) is 0 Å². The van der Waals surface area contributed by atoms with Gasteiger partial charge in [0.2, 0.25) is 0 Å². The summed E-state index contributed by atoms with van der Waals surface area (Å²) in [5.41, 5.74) is 6.00. The van der Waals surface area contributed by atoms with Crippen molar-refractivity contribution in [1.29, 1.82) is 0 Å². The first-order valence-corrected chi connectivity index (χ1v) is 7.48. The van der Waals surface area contributed by atoms with E-state index in [0.717, 1.165) is 31.5 Å². The second kappa shape index (κ2) is 8.35. The summed E-state index contributed by atoms with van der Waals surface area (Å²) in [6.45, 7) is 13.0. The average molecular weight is 254 g/mol. The lowest BCUT2D eigenvalue weighted by Gasteiger charge is -2.31. The van der Waals surface area contributed by atoms with E-state index in [1.165, 1.54) is 38.9 Å². The predicted molar refractivity (Wildman–Crippen MR) is 78.9 cm³/mol. The molecule has 0 saturated carbocycles. The molecule has 0 aliphatic carbocycles. The van der Waals surface area contributed by atoms with Crippen molar-refractivity contribution in [2.45, 2.75) is 40.0 Å². The van der Waals surface area contributed by atoms with Crippen LogP contribution in [0.5, 0.6) is 0 Å². The monoisotopic (exact) mass is 254 g/mol. The van der Waals surface area contributed by atoms with E-state index >= 15 is 0 Å². The smallest absolute Gasteiger partial charge is 0.191 e. The van der Waals surface area contributed by atoms with Gasteiger partial charge in [-0.05, 0) is 58.7 Å². The van der Waals surface area contributed by atoms with Crippen molar-refractivity contribution in [1.82, 2.24) is 9.80 Å². The maximum atomic E-state index is 6.00. The summed E-state index contributed by atoms with van der Waals surface area (Å²) in [4.78, 5) is 9.24. The molecule has 1 rings (SSSR count). The molecule has 0 radical (unpaired) electrons. The van der Waals surface area contributed by atoms with Crippen LogP contribution in [0.4, 0.5) is 0 Å². The Morgan fingerprint density at radius 1 is 1.22 bits per heavy atom. The van der Waals surface area contributed by atoms with Crippen molar-refractivity contribution in [2.24, 2.45) is 16.6 Å². The number of nitrogens with zero attached hydrogens (tertiary/aromatic N) is 3. The molecule has 0 bridgehead atoms. The van der Waals surface area contributed by atoms with Gasteiger partial charge in [-0.3, -0.25) is 4.99 Å². The van der Waals surface area contributed by atoms with Gasteiger partial charge in [-0.2, -0.15) is 0 Å². The third kappa shape index (κ3) is 4.84. The van der Waals surface area contributed by atoms with Crippen molar-refractivity contribution in [3.05, 3.63) is 0 Å². The molecule has 1 aliphatic heterocycles.